The van der Waals surface area contributed by atoms with Crippen LogP contribution in [0.5, 0.6) is 0 Å². The van der Waals surface area contributed by atoms with E-state index in [0.29, 0.717) is 13.2 Å². The van der Waals surface area contributed by atoms with Crippen LogP contribution in [0.25, 0.3) is 6.08 Å². The molecule has 1 aliphatic heterocycles. The first kappa shape index (κ1) is 10.5. The van der Waals surface area contributed by atoms with Crippen LogP contribution in [0, 0.1) is 0 Å². The van der Waals surface area contributed by atoms with Gasteiger partial charge in [0.2, 0.25) is 5.79 Å². The van der Waals surface area contributed by atoms with Gasteiger partial charge in [-0.15, -0.1) is 0 Å². The Bertz CT molecular complexity index is 433. The van der Waals surface area contributed by atoms with Crippen molar-refractivity contribution in [2.45, 2.75) is 18.6 Å². The van der Waals surface area contributed by atoms with Crippen molar-refractivity contribution in [2.24, 2.45) is 0 Å². The predicted molar refractivity (Wildman–Crippen MR) is 66.3 cm³/mol. The quantitative estimate of drug-likeness (QED) is 0.727. The molecule has 3 rings (SSSR count). The van der Waals surface area contributed by atoms with E-state index in [0.717, 1.165) is 17.3 Å². The highest BCUT2D eigenvalue weighted by molar-refractivity contribution is 9.11. The van der Waals surface area contributed by atoms with Crippen molar-refractivity contribution in [2.75, 3.05) is 13.2 Å². The van der Waals surface area contributed by atoms with Crippen LogP contribution in [0.15, 0.2) is 28.7 Å². The molecule has 2 nitrogen and oxygen atoms in total. The van der Waals surface area contributed by atoms with E-state index in [9.17, 15) is 0 Å². The van der Waals surface area contributed by atoms with Crippen molar-refractivity contribution < 1.29 is 9.47 Å². The molecule has 0 amide bonds. The molecule has 1 aromatic rings. The highest BCUT2D eigenvalue weighted by Gasteiger charge is 2.40. The van der Waals surface area contributed by atoms with Crippen LogP contribution >= 0.6 is 15.9 Å². The van der Waals surface area contributed by atoms with E-state index in [1.54, 1.807) is 0 Å². The fourth-order valence-corrected chi connectivity index (χ4v) is 2.98. The van der Waals surface area contributed by atoms with Crippen LogP contribution in [0.3, 0.4) is 0 Å². The van der Waals surface area contributed by atoms with E-state index in [2.05, 4.69) is 46.3 Å². The Morgan fingerprint density at radius 1 is 1.12 bits per heavy atom. The standard InChI is InChI=1S/C13H13BrO2/c14-12-9-11-4-2-1-3-10(11)5-6-13(12)15-7-8-16-13/h1-4,9H,5-8H2. The summed E-state index contributed by atoms with van der Waals surface area (Å²) < 4.78 is 12.5. The Balaban J connectivity index is 2.03. The highest BCUT2D eigenvalue weighted by atomic mass is 79.9. The molecular formula is C13H13BrO2. The molecule has 0 radical (unpaired) electrons. The van der Waals surface area contributed by atoms with Crippen LogP contribution in [-0.4, -0.2) is 19.0 Å². The average molecular weight is 281 g/mol. The van der Waals surface area contributed by atoms with Crippen molar-refractivity contribution in [1.29, 1.82) is 0 Å². The minimum absolute atomic E-state index is 0.529. The van der Waals surface area contributed by atoms with Gasteiger partial charge in [0.05, 0.1) is 17.7 Å². The zero-order valence-corrected chi connectivity index (χ0v) is 10.5. The second-order valence-electron chi connectivity index (χ2n) is 4.14. The normalized spacial score (nSPS) is 22.7. The van der Waals surface area contributed by atoms with Crippen LogP contribution in [0.1, 0.15) is 17.5 Å². The molecule has 0 atom stereocenters. The SMILES string of the molecule is BrC1=Cc2ccccc2CCC12OCCO2. The molecule has 1 saturated heterocycles. The van der Waals surface area contributed by atoms with E-state index in [-0.39, 0.29) is 0 Å². The summed E-state index contributed by atoms with van der Waals surface area (Å²) in [6.07, 6.45) is 3.98. The smallest absolute Gasteiger partial charge is 0.201 e. The summed E-state index contributed by atoms with van der Waals surface area (Å²) in [5, 5.41) is 0. The number of hydrogen-bond donors (Lipinski definition) is 0. The molecule has 0 N–H and O–H groups in total. The second-order valence-corrected chi connectivity index (χ2v) is 5.00. The Morgan fingerprint density at radius 2 is 1.88 bits per heavy atom. The van der Waals surface area contributed by atoms with Gasteiger partial charge in [0.15, 0.2) is 0 Å². The summed E-state index contributed by atoms with van der Waals surface area (Å²) >= 11 is 3.60. The Labute approximate surface area is 103 Å². The van der Waals surface area contributed by atoms with Gasteiger partial charge in [-0.3, -0.25) is 0 Å². The molecule has 1 spiro atoms. The molecule has 0 aromatic heterocycles. The number of aryl methyl sites for hydroxylation is 1. The van der Waals surface area contributed by atoms with Crippen molar-refractivity contribution in [3.8, 4) is 0 Å². The highest BCUT2D eigenvalue weighted by Crippen LogP contribution is 2.40. The van der Waals surface area contributed by atoms with E-state index in [4.69, 9.17) is 9.47 Å². The lowest BCUT2D eigenvalue weighted by atomic mass is 10.0. The minimum atomic E-state index is -0.529. The lowest BCUT2D eigenvalue weighted by molar-refractivity contribution is -0.122. The Kier molecular flexibility index (Phi) is 2.62. The zero-order valence-electron chi connectivity index (χ0n) is 8.91. The van der Waals surface area contributed by atoms with Gasteiger partial charge in [-0.1, -0.05) is 24.3 Å². The van der Waals surface area contributed by atoms with Gasteiger partial charge in [0, 0.05) is 6.42 Å². The molecular weight excluding hydrogens is 268 g/mol. The first-order valence-corrected chi connectivity index (χ1v) is 6.33. The third-order valence-electron chi connectivity index (χ3n) is 3.18. The molecule has 16 heavy (non-hydrogen) atoms. The first-order valence-electron chi connectivity index (χ1n) is 5.54. The van der Waals surface area contributed by atoms with Crippen molar-refractivity contribution in [1.82, 2.24) is 0 Å². The molecule has 3 heteroatoms. The van der Waals surface area contributed by atoms with Crippen LogP contribution in [0.4, 0.5) is 0 Å². The molecule has 84 valence electrons. The fourth-order valence-electron chi connectivity index (χ4n) is 2.30. The van der Waals surface area contributed by atoms with Gasteiger partial charge < -0.3 is 9.47 Å². The lowest BCUT2D eigenvalue weighted by Gasteiger charge is -2.25. The second kappa shape index (κ2) is 3.99. The number of hydrogen-bond acceptors (Lipinski definition) is 2. The minimum Gasteiger partial charge on any atom is -0.343 e. The lowest BCUT2D eigenvalue weighted by Crippen LogP contribution is -2.30. The van der Waals surface area contributed by atoms with Gasteiger partial charge in [0.1, 0.15) is 0 Å². The summed E-state index contributed by atoms with van der Waals surface area (Å²) in [5.74, 6) is -0.529. The van der Waals surface area contributed by atoms with Gasteiger partial charge in [0.25, 0.3) is 0 Å². The topological polar surface area (TPSA) is 18.5 Å². The monoisotopic (exact) mass is 280 g/mol. The molecule has 0 unspecified atom stereocenters. The van der Waals surface area contributed by atoms with E-state index < -0.39 is 5.79 Å². The first-order chi connectivity index (χ1) is 7.80. The maximum atomic E-state index is 5.77. The molecule has 2 aliphatic rings. The maximum absolute atomic E-state index is 5.77. The zero-order chi connectivity index (χ0) is 11.0. The summed E-state index contributed by atoms with van der Waals surface area (Å²) in [4.78, 5) is 0. The van der Waals surface area contributed by atoms with Gasteiger partial charge >= 0.3 is 0 Å². The average Bonchev–Trinajstić information content (AvgIpc) is 2.72. The molecule has 1 heterocycles. The van der Waals surface area contributed by atoms with E-state index in [1.165, 1.54) is 11.1 Å². The number of ether oxygens (including phenoxy) is 2. The number of fused-ring (bicyclic) bond motifs is 1. The molecule has 1 aromatic carbocycles. The number of benzene rings is 1. The van der Waals surface area contributed by atoms with Crippen molar-refractivity contribution in [3.05, 3.63) is 39.9 Å². The summed E-state index contributed by atoms with van der Waals surface area (Å²) in [6, 6.07) is 8.43. The molecule has 1 aliphatic carbocycles. The van der Waals surface area contributed by atoms with Gasteiger partial charge in [-0.2, -0.15) is 0 Å². The Hall–Kier alpha value is -0.640. The third-order valence-corrected chi connectivity index (χ3v) is 4.01. The van der Waals surface area contributed by atoms with Gasteiger partial charge in [-0.25, -0.2) is 0 Å². The van der Waals surface area contributed by atoms with Crippen LogP contribution in [-0.2, 0) is 15.9 Å². The number of rotatable bonds is 0. The predicted octanol–water partition coefficient (Wildman–Crippen LogP) is 3.11. The van der Waals surface area contributed by atoms with Crippen LogP contribution < -0.4 is 0 Å². The summed E-state index contributed by atoms with van der Waals surface area (Å²) in [7, 11) is 0. The summed E-state index contributed by atoms with van der Waals surface area (Å²) in [6.45, 7) is 1.36. The fraction of sp³-hybridized carbons (Fsp3) is 0.385. The third kappa shape index (κ3) is 1.63. The van der Waals surface area contributed by atoms with Gasteiger partial charge in [-0.05, 0) is 39.6 Å². The maximum Gasteiger partial charge on any atom is 0.201 e. The van der Waals surface area contributed by atoms with Crippen molar-refractivity contribution >= 4 is 22.0 Å². The molecule has 1 fully saturated rings. The van der Waals surface area contributed by atoms with E-state index >= 15 is 0 Å². The Morgan fingerprint density at radius 3 is 2.69 bits per heavy atom. The summed E-state index contributed by atoms with van der Waals surface area (Å²) in [5.41, 5.74) is 2.61. The largest absolute Gasteiger partial charge is 0.343 e. The number of halogens is 1. The van der Waals surface area contributed by atoms with Crippen molar-refractivity contribution in [3.63, 3.8) is 0 Å². The molecule has 0 saturated carbocycles. The molecule has 0 bridgehead atoms. The van der Waals surface area contributed by atoms with Crippen LogP contribution in [0.2, 0.25) is 0 Å². The van der Waals surface area contributed by atoms with E-state index in [1.807, 2.05) is 0 Å².